The fourth-order valence-electron chi connectivity index (χ4n) is 5.82. The van der Waals surface area contributed by atoms with Gasteiger partial charge in [-0.1, -0.05) is 41.5 Å². The lowest BCUT2D eigenvalue weighted by molar-refractivity contribution is -0.107. The van der Waals surface area contributed by atoms with Crippen LogP contribution < -0.4 is 42.1 Å². The smallest absolute Gasteiger partial charge is 0.243 e. The summed E-state index contributed by atoms with van der Waals surface area (Å²) >= 11 is 0. The number of aldehydes is 1. The number of nitrogens with two attached hydrogens (primary N) is 2. The van der Waals surface area contributed by atoms with Crippen molar-refractivity contribution >= 4 is 76.5 Å². The summed E-state index contributed by atoms with van der Waals surface area (Å²) in [5.74, 6) is 4.83. The van der Waals surface area contributed by atoms with Crippen molar-refractivity contribution in [2.45, 2.75) is 94.9 Å². The molecule has 0 saturated carbocycles. The number of aromatic nitrogens is 16. The van der Waals surface area contributed by atoms with Crippen molar-refractivity contribution in [2.24, 2.45) is 0 Å². The second-order valence-corrected chi connectivity index (χ2v) is 15.7. The summed E-state index contributed by atoms with van der Waals surface area (Å²) < 4.78 is 6.67. The van der Waals surface area contributed by atoms with Crippen LogP contribution in [0.4, 0.5) is 47.6 Å². The van der Waals surface area contributed by atoms with Crippen LogP contribution in [-0.2, 0) is 4.79 Å². The minimum Gasteiger partial charge on any atom is -0.368 e. The van der Waals surface area contributed by atoms with Gasteiger partial charge < -0.3 is 46.9 Å². The molecule has 0 spiro atoms. The zero-order valence-electron chi connectivity index (χ0n) is 43.4. The largest absolute Gasteiger partial charge is 0.368 e. The van der Waals surface area contributed by atoms with Crippen LogP contribution in [0.3, 0.4) is 0 Å². The number of fused-ring (bicyclic) bond motifs is 4. The lowest BCUT2D eigenvalue weighted by Gasteiger charge is -2.12. The molecule has 0 aliphatic carbocycles. The van der Waals surface area contributed by atoms with Gasteiger partial charge in [-0.3, -0.25) is 0 Å². The maximum absolute atomic E-state index is 9.17. The molecule has 0 saturated heterocycles. The van der Waals surface area contributed by atoms with Gasteiger partial charge in [-0.05, 0) is 47.0 Å². The first-order valence-electron chi connectivity index (χ1n) is 23.1. The summed E-state index contributed by atoms with van der Waals surface area (Å²) in [6.45, 7) is 22.4. The second-order valence-electron chi connectivity index (χ2n) is 15.7. The van der Waals surface area contributed by atoms with E-state index in [1.54, 1.807) is 13.5 Å². The molecule has 0 amide bonds. The highest BCUT2D eigenvalue weighted by atomic mass is 16.1. The van der Waals surface area contributed by atoms with Crippen LogP contribution >= 0.6 is 0 Å². The van der Waals surface area contributed by atoms with Crippen molar-refractivity contribution in [3.63, 3.8) is 0 Å². The Bertz CT molecular complexity index is 2710. The van der Waals surface area contributed by atoms with Gasteiger partial charge in [0.1, 0.15) is 6.29 Å². The fraction of sp³-hybridized carbons (Fsp3) is 0.523. The Balaban J connectivity index is 0.000000235. The predicted octanol–water partition coefficient (Wildman–Crippen LogP) is 5.18. The first-order valence-corrected chi connectivity index (χ1v) is 23.1. The summed E-state index contributed by atoms with van der Waals surface area (Å²) in [5.41, 5.74) is 17.9. The Kier molecular flexibility index (Phi) is 21.9. The maximum atomic E-state index is 9.17. The van der Waals surface area contributed by atoms with Crippen LogP contribution in [0.15, 0.2) is 24.3 Å². The second kappa shape index (κ2) is 27.2. The average Bonchev–Trinajstić information content (AvgIpc) is 4.11. The molecule has 0 fully saturated rings. The van der Waals surface area contributed by atoms with Gasteiger partial charge in [0.2, 0.25) is 47.6 Å². The van der Waals surface area contributed by atoms with E-state index in [-0.39, 0.29) is 5.95 Å². The Morgan fingerprint density at radius 3 is 1.09 bits per heavy atom. The summed E-state index contributed by atoms with van der Waals surface area (Å²) in [7, 11) is 11.6. The molecule has 8 heterocycles. The number of hydrogen-bond donors (Lipinski definition) is 5. The molecule has 0 aliphatic heterocycles. The van der Waals surface area contributed by atoms with Gasteiger partial charge >= 0.3 is 0 Å². The predicted molar refractivity (Wildman–Crippen MR) is 278 cm³/mol. The molecule has 7 N–H and O–H groups in total. The molecule has 69 heavy (non-hydrogen) atoms. The number of hydrogen-bond acceptors (Lipinski definition) is 21. The topological polar surface area (TPSA) is 287 Å². The molecule has 0 aromatic carbocycles. The van der Waals surface area contributed by atoms with E-state index in [2.05, 4.69) is 97.0 Å². The zero-order chi connectivity index (χ0) is 51.4. The first kappa shape index (κ1) is 55.6. The Hall–Kier alpha value is -7.73. The van der Waals surface area contributed by atoms with Gasteiger partial charge in [-0.2, -0.15) is 38.0 Å². The number of rotatable bonds is 13. The van der Waals surface area contributed by atoms with E-state index in [1.165, 1.54) is 4.52 Å². The van der Waals surface area contributed by atoms with Crippen LogP contribution in [0.1, 0.15) is 90.0 Å². The monoisotopic (exact) mass is 955 g/mol. The number of nitrogens with one attached hydrogen (secondary N) is 3. The van der Waals surface area contributed by atoms with Crippen molar-refractivity contribution in [1.29, 1.82) is 0 Å². The van der Waals surface area contributed by atoms with Gasteiger partial charge in [0, 0.05) is 115 Å². The first-order chi connectivity index (χ1) is 32.9. The van der Waals surface area contributed by atoms with Gasteiger partial charge in [0.05, 0.1) is 0 Å². The lowest BCUT2D eigenvalue weighted by Crippen LogP contribution is -2.16. The molecule has 8 rings (SSSR count). The van der Waals surface area contributed by atoms with E-state index in [0.717, 1.165) is 108 Å². The highest BCUT2D eigenvalue weighted by Gasteiger charge is 2.13. The van der Waals surface area contributed by atoms with Gasteiger partial charge in [-0.15, -0.1) is 20.4 Å². The van der Waals surface area contributed by atoms with E-state index in [1.807, 2.05) is 130 Å². The third kappa shape index (κ3) is 16.0. The van der Waals surface area contributed by atoms with E-state index in [4.69, 9.17) is 11.5 Å². The summed E-state index contributed by atoms with van der Waals surface area (Å²) in [4.78, 5) is 49.5. The summed E-state index contributed by atoms with van der Waals surface area (Å²) in [5, 5.41) is 26.5. The highest BCUT2D eigenvalue weighted by molar-refractivity contribution is 5.53. The van der Waals surface area contributed by atoms with E-state index in [0.29, 0.717) is 30.2 Å². The maximum Gasteiger partial charge on any atom is 0.243 e. The molecular weight excluding hydrogens is 881 g/mol. The minimum atomic E-state index is 0.264. The van der Waals surface area contributed by atoms with Crippen molar-refractivity contribution < 1.29 is 4.79 Å². The SMILES string of the molecule is CC.CCC=O.CCCNc1nc2cc(C)nc(N(C)C)n2n1.CCCNc1nc2cc(C)nc(N(C)C)n2n1.CCCNc1nc2cc(C)nc(N)n2n1.Cc1cc2nc(N)nn2c(N(C)C)n1. The van der Waals surface area contributed by atoms with Gasteiger partial charge in [-0.25, -0.2) is 19.9 Å². The van der Waals surface area contributed by atoms with Crippen molar-refractivity contribution in [1.82, 2.24) is 78.3 Å². The standard InChI is InChI=1S/2C11H18N6.C9H14N6.C8H12N6.C3H6O.C2H6/c2*1-5-6-12-10-14-9-7-8(2)13-11(16(3)4)17(9)15-10;1-3-4-11-9-13-7-5-6(2)12-8(10)15(7)14-9;1-5-4-6-11-7(9)12-14(6)8(10-5)13(2)3;1-2-3-4;1-2/h2*7H,5-6H2,1-4H3,(H,12,15);5H,3-4H2,1-2H3,(H2,10,12)(H,11,14);4H,1-3H3,(H2,9,12);3H,2H2,1H3;1-2H3. The molecule has 25 nitrogen and oxygen atoms in total. The van der Waals surface area contributed by atoms with Crippen LogP contribution in [0, 0.1) is 27.7 Å². The molecule has 8 aromatic heterocycles. The van der Waals surface area contributed by atoms with Crippen molar-refractivity contribution in [2.75, 3.05) is 104 Å². The van der Waals surface area contributed by atoms with Crippen molar-refractivity contribution in [3.8, 4) is 0 Å². The van der Waals surface area contributed by atoms with Gasteiger partial charge in [0.25, 0.3) is 0 Å². The van der Waals surface area contributed by atoms with Crippen molar-refractivity contribution in [3.05, 3.63) is 47.0 Å². The zero-order valence-corrected chi connectivity index (χ0v) is 43.4. The van der Waals surface area contributed by atoms with Gasteiger partial charge in [0.15, 0.2) is 22.6 Å². The molecular formula is C44H74N24O. The van der Waals surface area contributed by atoms with Crippen LogP contribution in [-0.4, -0.2) is 147 Å². The minimum absolute atomic E-state index is 0.264. The van der Waals surface area contributed by atoms with E-state index < -0.39 is 0 Å². The highest BCUT2D eigenvalue weighted by Crippen LogP contribution is 2.17. The molecule has 376 valence electrons. The van der Waals surface area contributed by atoms with E-state index in [9.17, 15) is 4.79 Å². The number of nitrogen functional groups attached to an aromatic ring is 2. The molecule has 0 atom stereocenters. The number of nitrogens with zero attached hydrogens (tertiary/aromatic N) is 19. The van der Waals surface area contributed by atoms with E-state index >= 15 is 0 Å². The average molecular weight is 955 g/mol. The van der Waals surface area contributed by atoms with Crippen LogP contribution in [0.5, 0.6) is 0 Å². The number of carbonyl (C=O) groups is 1. The third-order valence-electron chi connectivity index (χ3n) is 8.77. The summed E-state index contributed by atoms with van der Waals surface area (Å²) in [6.07, 6.45) is 4.64. The molecule has 0 unspecified atom stereocenters. The Labute approximate surface area is 404 Å². The lowest BCUT2D eigenvalue weighted by atomic mass is 10.4. The number of aryl methyl sites for hydroxylation is 4. The Morgan fingerprint density at radius 1 is 0.478 bits per heavy atom. The number of carbonyl (C=O) groups excluding carboxylic acids is 1. The molecule has 0 bridgehead atoms. The van der Waals surface area contributed by atoms with Crippen LogP contribution in [0.2, 0.25) is 0 Å². The summed E-state index contributed by atoms with van der Waals surface area (Å²) in [6, 6.07) is 7.55. The molecule has 0 aliphatic rings. The molecule has 25 heteroatoms. The van der Waals surface area contributed by atoms with Crippen LogP contribution in [0.25, 0.3) is 22.6 Å². The quantitative estimate of drug-likeness (QED) is 0.0930. The fourth-order valence-corrected chi connectivity index (χ4v) is 5.82. The normalized spacial score (nSPS) is 10.3. The Morgan fingerprint density at radius 2 is 0.768 bits per heavy atom. The molecule has 0 radical (unpaired) electrons. The number of anilines is 8. The molecule has 8 aromatic rings. The third-order valence-corrected chi connectivity index (χ3v) is 8.77.